The SMILES string of the molecule is C/C(=C\c1c(F)cc(C(=O)Nc2nc(-c3cccc(COCC(C)(C)C)c3F)cs2)cc1F)C(=O)O. The van der Waals surface area contributed by atoms with Crippen molar-refractivity contribution in [3.8, 4) is 11.3 Å². The predicted octanol–water partition coefficient (Wildman–Crippen LogP) is 6.53. The van der Waals surface area contributed by atoms with Crippen LogP contribution in [0.3, 0.4) is 0 Å². The molecule has 190 valence electrons. The fraction of sp³-hybridized carbons (Fsp3) is 0.269. The van der Waals surface area contributed by atoms with Gasteiger partial charge in [0.25, 0.3) is 5.91 Å². The van der Waals surface area contributed by atoms with Gasteiger partial charge in [0.2, 0.25) is 0 Å². The number of benzene rings is 2. The molecule has 0 spiro atoms. The number of aromatic nitrogens is 1. The van der Waals surface area contributed by atoms with Gasteiger partial charge in [-0.2, -0.15) is 0 Å². The van der Waals surface area contributed by atoms with Crippen LogP contribution in [0.25, 0.3) is 17.3 Å². The molecule has 1 heterocycles. The number of carbonyl (C=O) groups is 2. The summed E-state index contributed by atoms with van der Waals surface area (Å²) in [7, 11) is 0. The van der Waals surface area contributed by atoms with E-state index < -0.39 is 34.9 Å². The molecule has 0 saturated carbocycles. The molecule has 3 rings (SSSR count). The van der Waals surface area contributed by atoms with E-state index in [1.807, 2.05) is 20.8 Å². The number of amides is 1. The number of nitrogens with one attached hydrogen (secondary N) is 1. The summed E-state index contributed by atoms with van der Waals surface area (Å²) in [5.74, 6) is -4.82. The third-order valence-electron chi connectivity index (χ3n) is 4.91. The smallest absolute Gasteiger partial charge is 0.331 e. The van der Waals surface area contributed by atoms with Gasteiger partial charge in [0.1, 0.15) is 17.5 Å². The lowest BCUT2D eigenvalue weighted by molar-refractivity contribution is -0.132. The van der Waals surface area contributed by atoms with Gasteiger partial charge in [0.15, 0.2) is 5.13 Å². The lowest BCUT2D eigenvalue weighted by Crippen LogP contribution is -2.14. The number of ether oxygens (including phenoxy) is 1. The van der Waals surface area contributed by atoms with Gasteiger partial charge in [0.05, 0.1) is 18.9 Å². The Labute approximate surface area is 210 Å². The molecule has 0 bridgehead atoms. The van der Waals surface area contributed by atoms with Gasteiger partial charge in [0, 0.05) is 33.2 Å². The van der Waals surface area contributed by atoms with E-state index in [-0.39, 0.29) is 39.5 Å². The molecule has 0 aliphatic rings. The number of carbonyl (C=O) groups excluding carboxylic acids is 1. The lowest BCUT2D eigenvalue weighted by Gasteiger charge is -2.18. The van der Waals surface area contributed by atoms with Crippen LogP contribution >= 0.6 is 11.3 Å². The summed E-state index contributed by atoms with van der Waals surface area (Å²) in [6, 6.07) is 6.46. The van der Waals surface area contributed by atoms with Crippen LogP contribution in [0.4, 0.5) is 18.3 Å². The molecule has 0 radical (unpaired) electrons. The van der Waals surface area contributed by atoms with Gasteiger partial charge < -0.3 is 9.84 Å². The van der Waals surface area contributed by atoms with Crippen LogP contribution in [0.5, 0.6) is 0 Å². The fourth-order valence-corrected chi connectivity index (χ4v) is 3.82. The highest BCUT2D eigenvalue weighted by atomic mass is 32.1. The molecule has 0 aliphatic carbocycles. The second-order valence-corrected chi connectivity index (χ2v) is 10.2. The second-order valence-electron chi connectivity index (χ2n) is 9.31. The number of hydrogen-bond acceptors (Lipinski definition) is 5. The zero-order valence-corrected chi connectivity index (χ0v) is 20.9. The molecule has 36 heavy (non-hydrogen) atoms. The first-order valence-electron chi connectivity index (χ1n) is 10.9. The minimum Gasteiger partial charge on any atom is -0.478 e. The Morgan fingerprint density at radius 2 is 1.83 bits per heavy atom. The van der Waals surface area contributed by atoms with Crippen LogP contribution in [0.1, 0.15) is 49.2 Å². The standard InChI is InChI=1S/C26H25F3N2O4S/c1-14(24(33)34)8-18-19(27)9-16(10-20(18)28)23(32)31-25-30-21(12-36-25)17-7-5-6-15(22(17)29)11-35-13-26(2,3)4/h5-10,12H,11,13H2,1-4H3,(H,33,34)(H,30,31,32)/b14-8+. The van der Waals surface area contributed by atoms with E-state index >= 15 is 4.39 Å². The Hall–Kier alpha value is -3.50. The highest BCUT2D eigenvalue weighted by molar-refractivity contribution is 7.14. The Balaban J connectivity index is 1.76. The molecule has 1 amide bonds. The zero-order chi connectivity index (χ0) is 26.6. The Kier molecular flexibility index (Phi) is 8.31. The second kappa shape index (κ2) is 11.0. The number of carboxylic acid groups (broad SMARTS) is 1. The summed E-state index contributed by atoms with van der Waals surface area (Å²) in [5.41, 5.74) is -0.332. The quantitative estimate of drug-likeness (QED) is 0.331. The highest BCUT2D eigenvalue weighted by Gasteiger charge is 2.18. The van der Waals surface area contributed by atoms with Gasteiger partial charge >= 0.3 is 5.97 Å². The van der Waals surface area contributed by atoms with E-state index in [0.29, 0.717) is 12.2 Å². The molecule has 3 aromatic rings. The highest BCUT2D eigenvalue weighted by Crippen LogP contribution is 2.29. The van der Waals surface area contributed by atoms with Gasteiger partial charge in [-0.1, -0.05) is 32.9 Å². The molecule has 0 saturated heterocycles. The van der Waals surface area contributed by atoms with Gasteiger partial charge in [-0.15, -0.1) is 11.3 Å². The van der Waals surface area contributed by atoms with Gasteiger partial charge in [-0.05, 0) is 36.6 Å². The van der Waals surface area contributed by atoms with Crippen molar-refractivity contribution in [2.24, 2.45) is 5.41 Å². The molecule has 2 N–H and O–H groups in total. The third-order valence-corrected chi connectivity index (χ3v) is 5.67. The van der Waals surface area contributed by atoms with E-state index in [9.17, 15) is 18.4 Å². The van der Waals surface area contributed by atoms with Crippen molar-refractivity contribution in [3.05, 3.63) is 75.4 Å². The maximum atomic E-state index is 15.1. The monoisotopic (exact) mass is 518 g/mol. The molecule has 0 unspecified atom stereocenters. The molecular weight excluding hydrogens is 493 g/mol. The van der Waals surface area contributed by atoms with Gasteiger partial charge in [-0.3, -0.25) is 10.1 Å². The average molecular weight is 519 g/mol. The molecule has 2 aromatic carbocycles. The summed E-state index contributed by atoms with van der Waals surface area (Å²) in [6.45, 7) is 7.79. The number of rotatable bonds is 8. The Morgan fingerprint density at radius 3 is 2.44 bits per heavy atom. The Bertz CT molecular complexity index is 1310. The van der Waals surface area contributed by atoms with Crippen molar-refractivity contribution in [1.29, 1.82) is 0 Å². The number of halogens is 3. The molecular formula is C26H25F3N2O4S. The average Bonchev–Trinajstić information content (AvgIpc) is 3.24. The van der Waals surface area contributed by atoms with Crippen LogP contribution in [0, 0.1) is 22.9 Å². The molecule has 0 atom stereocenters. The van der Waals surface area contributed by atoms with E-state index in [1.165, 1.54) is 6.92 Å². The van der Waals surface area contributed by atoms with Crippen molar-refractivity contribution in [2.45, 2.75) is 34.3 Å². The van der Waals surface area contributed by atoms with Crippen LogP contribution in [0.15, 0.2) is 41.3 Å². The van der Waals surface area contributed by atoms with Crippen LogP contribution in [0.2, 0.25) is 0 Å². The van der Waals surface area contributed by atoms with Crippen molar-refractivity contribution in [1.82, 2.24) is 4.98 Å². The van der Waals surface area contributed by atoms with Crippen LogP contribution in [-0.2, 0) is 16.1 Å². The lowest BCUT2D eigenvalue weighted by atomic mass is 9.99. The topological polar surface area (TPSA) is 88.5 Å². The first-order valence-corrected chi connectivity index (χ1v) is 11.8. The maximum Gasteiger partial charge on any atom is 0.331 e. The third kappa shape index (κ3) is 6.79. The van der Waals surface area contributed by atoms with Crippen molar-refractivity contribution in [3.63, 3.8) is 0 Å². The molecule has 10 heteroatoms. The number of nitrogens with zero attached hydrogens (tertiary/aromatic N) is 1. The normalized spacial score (nSPS) is 12.0. The van der Waals surface area contributed by atoms with E-state index in [4.69, 9.17) is 9.84 Å². The molecule has 6 nitrogen and oxygen atoms in total. The molecule has 1 aromatic heterocycles. The minimum absolute atomic E-state index is 0.0592. The Morgan fingerprint density at radius 1 is 1.17 bits per heavy atom. The van der Waals surface area contributed by atoms with Crippen LogP contribution < -0.4 is 5.32 Å². The van der Waals surface area contributed by atoms with Crippen molar-refractivity contribution < 1.29 is 32.6 Å². The summed E-state index contributed by atoms with van der Waals surface area (Å²) >= 11 is 1.02. The van der Waals surface area contributed by atoms with E-state index in [1.54, 1.807) is 23.6 Å². The summed E-state index contributed by atoms with van der Waals surface area (Å²) in [6.07, 6.45) is 0.846. The van der Waals surface area contributed by atoms with E-state index in [2.05, 4.69) is 10.3 Å². The van der Waals surface area contributed by atoms with Crippen molar-refractivity contribution in [2.75, 3.05) is 11.9 Å². The number of carboxylic acids is 1. The summed E-state index contributed by atoms with van der Waals surface area (Å²) in [5, 5.41) is 13.0. The number of hydrogen-bond donors (Lipinski definition) is 2. The van der Waals surface area contributed by atoms with Crippen molar-refractivity contribution >= 4 is 34.4 Å². The summed E-state index contributed by atoms with van der Waals surface area (Å²) < 4.78 is 49.4. The molecule has 0 fully saturated rings. The van der Waals surface area contributed by atoms with E-state index in [0.717, 1.165) is 29.5 Å². The first-order chi connectivity index (χ1) is 16.9. The number of thiazole rings is 1. The minimum atomic E-state index is -1.32. The maximum absolute atomic E-state index is 15.1. The summed E-state index contributed by atoms with van der Waals surface area (Å²) in [4.78, 5) is 27.7. The van der Waals surface area contributed by atoms with Crippen LogP contribution in [-0.4, -0.2) is 28.6 Å². The number of aliphatic carboxylic acids is 1. The van der Waals surface area contributed by atoms with Gasteiger partial charge in [-0.25, -0.2) is 22.9 Å². The zero-order valence-electron chi connectivity index (χ0n) is 20.1. The fourth-order valence-electron chi connectivity index (χ4n) is 3.11. The largest absolute Gasteiger partial charge is 0.478 e. The predicted molar refractivity (Wildman–Crippen MR) is 132 cm³/mol. The first kappa shape index (κ1) is 27.1. The number of anilines is 1. The molecule has 0 aliphatic heterocycles.